The number of anilines is 1. The third kappa shape index (κ3) is 9.57. The summed E-state index contributed by atoms with van der Waals surface area (Å²) < 4.78 is 5.71. The average Bonchev–Trinajstić information content (AvgIpc) is 2.94. The Hall–Kier alpha value is -3.44. The Balaban J connectivity index is 0.00000294. The highest BCUT2D eigenvalue weighted by Gasteiger charge is 2.29. The third-order valence-corrected chi connectivity index (χ3v) is 7.08. The van der Waals surface area contributed by atoms with E-state index < -0.39 is 11.0 Å². The van der Waals surface area contributed by atoms with Crippen LogP contribution in [0.4, 0.5) is 11.4 Å². The lowest BCUT2D eigenvalue weighted by Gasteiger charge is -2.28. The van der Waals surface area contributed by atoms with Crippen LogP contribution in [0.15, 0.2) is 67.0 Å². The van der Waals surface area contributed by atoms with Gasteiger partial charge in [0, 0.05) is 47.6 Å². The molecular weight excluding hydrogens is 593 g/mol. The van der Waals surface area contributed by atoms with E-state index in [1.54, 1.807) is 48.8 Å². The molecule has 0 spiro atoms. The minimum atomic E-state index is -0.821. The molecule has 3 aromatic rings. The maximum Gasteiger partial charge on any atom is 0.311 e. The van der Waals surface area contributed by atoms with Crippen molar-refractivity contribution in [3.05, 3.63) is 87.7 Å². The first-order valence-electron chi connectivity index (χ1n) is 12.7. The monoisotopic (exact) mass is 623 g/mol. The number of nitrogens with zero attached hydrogens (tertiary/aromatic N) is 2. The number of nitro groups is 1. The number of nitrogens with one attached hydrogen (secondary N) is 2. The van der Waals surface area contributed by atoms with Crippen molar-refractivity contribution in [1.82, 2.24) is 10.3 Å². The third-order valence-electron chi connectivity index (χ3n) is 6.84. The quantitative estimate of drug-likeness (QED) is 0.193. The van der Waals surface area contributed by atoms with E-state index in [9.17, 15) is 19.7 Å². The molecule has 0 radical (unpaired) electrons. The van der Waals surface area contributed by atoms with Gasteiger partial charge >= 0.3 is 5.69 Å². The highest BCUT2D eigenvalue weighted by molar-refractivity contribution is 6.30. The molecule has 1 heterocycles. The summed E-state index contributed by atoms with van der Waals surface area (Å²) in [4.78, 5) is 41.1. The van der Waals surface area contributed by atoms with Gasteiger partial charge < -0.3 is 21.1 Å². The molecule has 0 aliphatic heterocycles. The van der Waals surface area contributed by atoms with Gasteiger partial charge in [0.1, 0.15) is 11.8 Å². The Morgan fingerprint density at radius 2 is 1.71 bits per heavy atom. The van der Waals surface area contributed by atoms with E-state index in [0.29, 0.717) is 28.9 Å². The summed E-state index contributed by atoms with van der Waals surface area (Å²) in [7, 11) is 0. The van der Waals surface area contributed by atoms with Crippen LogP contribution in [0.3, 0.4) is 0 Å². The summed E-state index contributed by atoms with van der Waals surface area (Å²) in [6, 6.07) is 13.4. The minimum absolute atomic E-state index is 0. The van der Waals surface area contributed by atoms with Gasteiger partial charge in [0.2, 0.25) is 17.6 Å². The fourth-order valence-corrected chi connectivity index (χ4v) is 4.76. The second-order valence-corrected chi connectivity index (χ2v) is 10.00. The topological polar surface area (TPSA) is 149 Å². The van der Waals surface area contributed by atoms with Crippen LogP contribution in [0.5, 0.6) is 11.5 Å². The van der Waals surface area contributed by atoms with Gasteiger partial charge in [-0.25, -0.2) is 0 Å². The molecule has 1 aromatic heterocycles. The number of aromatic nitrogens is 1. The van der Waals surface area contributed by atoms with E-state index in [1.165, 1.54) is 18.2 Å². The van der Waals surface area contributed by atoms with Gasteiger partial charge in [0.05, 0.1) is 4.92 Å². The molecule has 1 fully saturated rings. The van der Waals surface area contributed by atoms with Crippen LogP contribution in [0.2, 0.25) is 5.02 Å². The molecule has 1 aliphatic rings. The number of pyridine rings is 1. The van der Waals surface area contributed by atoms with E-state index in [4.69, 9.17) is 22.1 Å². The van der Waals surface area contributed by atoms with E-state index in [-0.39, 0.29) is 60.4 Å². The van der Waals surface area contributed by atoms with Crippen LogP contribution in [0.25, 0.3) is 0 Å². The number of carbonyl (C=O) groups is 2. The first kappa shape index (κ1) is 33.8. The van der Waals surface area contributed by atoms with Crippen molar-refractivity contribution in [1.29, 1.82) is 0 Å². The Morgan fingerprint density at radius 1 is 1.05 bits per heavy atom. The van der Waals surface area contributed by atoms with Gasteiger partial charge in [-0.15, -0.1) is 24.8 Å². The van der Waals surface area contributed by atoms with Gasteiger partial charge in [-0.1, -0.05) is 23.7 Å². The molecule has 13 heteroatoms. The molecule has 2 amide bonds. The van der Waals surface area contributed by atoms with Gasteiger partial charge in [0.15, 0.2) is 0 Å². The van der Waals surface area contributed by atoms with Crippen LogP contribution in [0, 0.1) is 22.0 Å². The van der Waals surface area contributed by atoms with Gasteiger partial charge in [-0.3, -0.25) is 24.7 Å². The fourth-order valence-electron chi connectivity index (χ4n) is 4.60. The smallest absolute Gasteiger partial charge is 0.311 e. The minimum Gasteiger partial charge on any atom is -0.450 e. The number of carbonyl (C=O) groups excluding carboxylic acids is 2. The number of nitrogens with two attached hydrogens (primary N) is 1. The average molecular weight is 625 g/mol. The largest absolute Gasteiger partial charge is 0.450 e. The molecule has 0 unspecified atom stereocenters. The predicted molar refractivity (Wildman–Crippen MR) is 162 cm³/mol. The molecule has 0 saturated heterocycles. The van der Waals surface area contributed by atoms with Crippen LogP contribution in [-0.4, -0.2) is 34.3 Å². The van der Waals surface area contributed by atoms with Crippen LogP contribution >= 0.6 is 36.4 Å². The second kappa shape index (κ2) is 16.1. The highest BCUT2D eigenvalue weighted by Crippen LogP contribution is 2.34. The first-order chi connectivity index (χ1) is 18.8. The lowest BCUT2D eigenvalue weighted by molar-refractivity contribution is -0.385. The van der Waals surface area contributed by atoms with Crippen molar-refractivity contribution in [3.8, 4) is 11.5 Å². The highest BCUT2D eigenvalue weighted by atomic mass is 35.5. The number of hydrogen-bond acceptors (Lipinski definition) is 7. The Bertz CT molecular complexity index is 1310. The molecule has 220 valence electrons. The normalized spacial score (nSPS) is 16.7. The molecular formula is C28H32Cl3N5O5. The molecule has 1 aliphatic carbocycles. The van der Waals surface area contributed by atoms with Crippen LogP contribution < -0.4 is 21.1 Å². The van der Waals surface area contributed by atoms with Crippen molar-refractivity contribution in [2.75, 3.05) is 11.9 Å². The maximum atomic E-state index is 13.2. The van der Waals surface area contributed by atoms with E-state index in [0.717, 1.165) is 31.2 Å². The fraction of sp³-hybridized carbons (Fsp3) is 0.321. The van der Waals surface area contributed by atoms with Crippen LogP contribution in [0.1, 0.15) is 31.2 Å². The van der Waals surface area contributed by atoms with Crippen LogP contribution in [-0.2, 0) is 16.0 Å². The summed E-state index contributed by atoms with van der Waals surface area (Å²) in [5.41, 5.74) is 6.92. The Labute approximate surface area is 255 Å². The van der Waals surface area contributed by atoms with Gasteiger partial charge in [0.25, 0.3) is 0 Å². The van der Waals surface area contributed by atoms with Crippen molar-refractivity contribution in [2.45, 2.75) is 38.1 Å². The Morgan fingerprint density at radius 3 is 2.32 bits per heavy atom. The van der Waals surface area contributed by atoms with E-state index in [2.05, 4.69) is 15.6 Å². The van der Waals surface area contributed by atoms with Gasteiger partial charge in [-0.05, 0) is 74.0 Å². The molecule has 4 rings (SSSR count). The molecule has 10 nitrogen and oxygen atoms in total. The number of halogens is 3. The van der Waals surface area contributed by atoms with Crippen molar-refractivity contribution < 1.29 is 19.2 Å². The standard InChI is InChI=1S/C28H30ClN5O5.2ClH/c29-21-7-10-25(34(37)38)26(16-21)39-23-8-3-18(4-9-23)15-24(28(36)32-22-11-13-31-14-12-22)33-27(35)20-5-1-19(17-30)2-6-20;;/h3-4,7-14,16,19-20,24H,1-2,5-6,15,17,30H2,(H,33,35)(H,31,32,36);2*1H/t19-,20-,24-;;/m0../s1. The van der Waals surface area contributed by atoms with E-state index >= 15 is 0 Å². The van der Waals surface area contributed by atoms with E-state index in [1.807, 2.05) is 0 Å². The predicted octanol–water partition coefficient (Wildman–Crippen LogP) is 5.71. The molecule has 0 bridgehead atoms. The number of hydrogen-bond donors (Lipinski definition) is 3. The lowest BCUT2D eigenvalue weighted by atomic mass is 9.81. The molecule has 1 saturated carbocycles. The lowest BCUT2D eigenvalue weighted by Crippen LogP contribution is -2.48. The summed E-state index contributed by atoms with van der Waals surface area (Å²) in [6.07, 6.45) is 6.66. The van der Waals surface area contributed by atoms with Crippen molar-refractivity contribution in [3.63, 3.8) is 0 Å². The number of amides is 2. The van der Waals surface area contributed by atoms with Gasteiger partial charge in [-0.2, -0.15) is 0 Å². The number of ether oxygens (including phenoxy) is 1. The zero-order chi connectivity index (χ0) is 27.8. The summed E-state index contributed by atoms with van der Waals surface area (Å²) in [5, 5.41) is 17.4. The molecule has 41 heavy (non-hydrogen) atoms. The molecule has 2 aromatic carbocycles. The van der Waals surface area contributed by atoms with Crippen molar-refractivity contribution in [2.24, 2.45) is 17.6 Å². The first-order valence-corrected chi connectivity index (χ1v) is 13.1. The zero-order valence-corrected chi connectivity index (χ0v) is 24.4. The SMILES string of the molecule is Cl.Cl.NC[C@H]1CC[C@H](C(=O)N[C@@H](Cc2ccc(Oc3cc(Cl)ccc3[N+](=O)[O-])cc2)C(=O)Nc2ccncc2)CC1. The number of benzene rings is 2. The second-order valence-electron chi connectivity index (χ2n) is 9.56. The van der Waals surface area contributed by atoms with Crippen molar-refractivity contribution >= 4 is 59.6 Å². The maximum absolute atomic E-state index is 13.2. The number of rotatable bonds is 10. The Kier molecular flexibility index (Phi) is 13.3. The number of nitro benzene ring substituents is 1. The summed E-state index contributed by atoms with van der Waals surface area (Å²) >= 11 is 5.99. The molecule has 4 N–H and O–H groups in total. The summed E-state index contributed by atoms with van der Waals surface area (Å²) in [6.45, 7) is 0.621. The zero-order valence-electron chi connectivity index (χ0n) is 22.0. The molecule has 1 atom stereocenters. The summed E-state index contributed by atoms with van der Waals surface area (Å²) in [5.74, 6) is 0.171.